The van der Waals surface area contributed by atoms with Crippen molar-refractivity contribution in [3.05, 3.63) is 78.9 Å². The molecule has 1 aliphatic rings. The number of carbonyl (C=O) groups excluding carboxylic acids is 2. The molecule has 0 radical (unpaired) electrons. The molecule has 178 valence electrons. The van der Waals surface area contributed by atoms with Crippen LogP contribution in [-0.4, -0.2) is 39.5 Å². The lowest BCUT2D eigenvalue weighted by Gasteiger charge is -2.19. The monoisotopic (exact) mass is 469 g/mol. The highest BCUT2D eigenvalue weighted by atomic mass is 16.5. The Labute approximate surface area is 203 Å². The van der Waals surface area contributed by atoms with Crippen molar-refractivity contribution in [3.8, 4) is 11.6 Å². The minimum absolute atomic E-state index is 0.255. The van der Waals surface area contributed by atoms with Crippen molar-refractivity contribution in [1.82, 2.24) is 19.9 Å². The fourth-order valence-electron chi connectivity index (χ4n) is 4.10. The number of carbonyl (C=O) groups is 2. The minimum Gasteiger partial charge on any atom is -0.481 e. The number of aromatic nitrogens is 3. The molecule has 4 aromatic rings. The Bertz CT molecular complexity index is 1330. The summed E-state index contributed by atoms with van der Waals surface area (Å²) in [5, 5.41) is 6.84. The van der Waals surface area contributed by atoms with Crippen molar-refractivity contribution >= 4 is 28.4 Å². The van der Waals surface area contributed by atoms with Gasteiger partial charge in [-0.1, -0.05) is 12.8 Å². The molecule has 1 unspecified atom stereocenters. The molecule has 0 aliphatic heterocycles. The van der Waals surface area contributed by atoms with Crippen LogP contribution in [0.15, 0.2) is 73.3 Å². The van der Waals surface area contributed by atoms with Crippen LogP contribution in [-0.2, 0) is 4.79 Å². The fourth-order valence-corrected chi connectivity index (χ4v) is 4.10. The van der Waals surface area contributed by atoms with Gasteiger partial charge in [0.1, 0.15) is 6.04 Å². The second-order valence-electron chi connectivity index (χ2n) is 8.79. The van der Waals surface area contributed by atoms with E-state index in [0.717, 1.165) is 23.0 Å². The lowest BCUT2D eigenvalue weighted by atomic mass is 10.1. The SMILES string of the molecule is COc1ccc(NC(=O)C(CCC2CC2)NC(=O)c2ccc(-n3ccc4cnccc43)cc2)cn1. The van der Waals surface area contributed by atoms with Crippen molar-refractivity contribution in [2.24, 2.45) is 5.92 Å². The Morgan fingerprint density at radius 3 is 2.63 bits per heavy atom. The molecule has 1 aliphatic carbocycles. The second-order valence-corrected chi connectivity index (χ2v) is 8.79. The summed E-state index contributed by atoms with van der Waals surface area (Å²) in [6, 6.07) is 14.1. The molecule has 1 atom stereocenters. The van der Waals surface area contributed by atoms with E-state index >= 15 is 0 Å². The van der Waals surface area contributed by atoms with Crippen LogP contribution < -0.4 is 15.4 Å². The van der Waals surface area contributed by atoms with E-state index in [4.69, 9.17) is 4.74 Å². The maximum absolute atomic E-state index is 13.0. The van der Waals surface area contributed by atoms with Crippen molar-refractivity contribution in [3.63, 3.8) is 0 Å². The number of nitrogens with one attached hydrogen (secondary N) is 2. The van der Waals surface area contributed by atoms with E-state index in [2.05, 4.69) is 20.6 Å². The zero-order valence-corrected chi connectivity index (χ0v) is 19.5. The third-order valence-corrected chi connectivity index (χ3v) is 6.29. The third kappa shape index (κ3) is 5.32. The molecule has 5 rings (SSSR count). The Balaban J connectivity index is 1.28. The molecule has 2 N–H and O–H groups in total. The number of pyridine rings is 2. The number of benzene rings is 1. The minimum atomic E-state index is -0.634. The van der Waals surface area contributed by atoms with Gasteiger partial charge in [-0.25, -0.2) is 4.98 Å². The molecule has 8 heteroatoms. The Morgan fingerprint density at radius 2 is 1.91 bits per heavy atom. The lowest BCUT2D eigenvalue weighted by molar-refractivity contribution is -0.118. The summed E-state index contributed by atoms with van der Waals surface area (Å²) >= 11 is 0. The maximum Gasteiger partial charge on any atom is 0.251 e. The molecular weight excluding hydrogens is 442 g/mol. The number of amides is 2. The summed E-state index contributed by atoms with van der Waals surface area (Å²) in [6.07, 6.45) is 11.0. The van der Waals surface area contributed by atoms with Gasteiger partial charge in [-0.2, -0.15) is 0 Å². The van der Waals surface area contributed by atoms with Gasteiger partial charge in [-0.05, 0) is 61.2 Å². The van der Waals surface area contributed by atoms with E-state index in [0.29, 0.717) is 29.5 Å². The summed E-state index contributed by atoms with van der Waals surface area (Å²) in [4.78, 5) is 34.3. The molecule has 0 saturated heterocycles. The van der Waals surface area contributed by atoms with Crippen LogP contribution >= 0.6 is 0 Å². The van der Waals surface area contributed by atoms with Gasteiger partial charge in [0.15, 0.2) is 0 Å². The number of rotatable bonds is 9. The van der Waals surface area contributed by atoms with Crippen LogP contribution in [0.25, 0.3) is 16.6 Å². The smallest absolute Gasteiger partial charge is 0.251 e. The van der Waals surface area contributed by atoms with E-state index in [1.807, 2.05) is 41.2 Å². The van der Waals surface area contributed by atoms with E-state index < -0.39 is 6.04 Å². The number of hydrogen-bond donors (Lipinski definition) is 2. The first-order valence-electron chi connectivity index (χ1n) is 11.7. The largest absolute Gasteiger partial charge is 0.481 e. The molecular formula is C27H27N5O3. The van der Waals surface area contributed by atoms with Crippen molar-refractivity contribution < 1.29 is 14.3 Å². The molecule has 1 saturated carbocycles. The molecule has 2 amide bonds. The molecule has 1 fully saturated rings. The number of nitrogens with zero attached hydrogens (tertiary/aromatic N) is 3. The standard InChI is InChI=1S/C27H27N5O3/c1-35-25-11-7-21(17-29-25)30-27(34)23(10-4-18-2-3-18)31-26(33)19-5-8-22(9-6-19)32-15-13-20-16-28-14-12-24(20)32/h5-9,11-18,23H,2-4,10H2,1H3,(H,30,34)(H,31,33). The summed E-state index contributed by atoms with van der Waals surface area (Å²) < 4.78 is 7.11. The zero-order valence-electron chi connectivity index (χ0n) is 19.5. The first-order chi connectivity index (χ1) is 17.1. The molecule has 3 aromatic heterocycles. The topological polar surface area (TPSA) is 98.1 Å². The van der Waals surface area contributed by atoms with Crippen LogP contribution in [0.2, 0.25) is 0 Å². The average molecular weight is 470 g/mol. The van der Waals surface area contributed by atoms with Crippen molar-refractivity contribution in [2.75, 3.05) is 12.4 Å². The molecule has 0 bridgehead atoms. The summed E-state index contributed by atoms with van der Waals surface area (Å²) in [7, 11) is 1.54. The summed E-state index contributed by atoms with van der Waals surface area (Å²) in [5.41, 5.74) is 3.04. The molecule has 3 heterocycles. The highest BCUT2D eigenvalue weighted by Gasteiger charge is 2.27. The Hall–Kier alpha value is -4.20. The average Bonchev–Trinajstić information content (AvgIpc) is 3.63. The van der Waals surface area contributed by atoms with Gasteiger partial charge in [0.05, 0.1) is 24.5 Å². The van der Waals surface area contributed by atoms with Crippen LogP contribution in [0, 0.1) is 5.92 Å². The molecule has 35 heavy (non-hydrogen) atoms. The number of anilines is 1. The second kappa shape index (κ2) is 9.97. The molecule has 0 spiro atoms. The molecule has 1 aromatic carbocycles. The van der Waals surface area contributed by atoms with Crippen LogP contribution in [0.3, 0.4) is 0 Å². The van der Waals surface area contributed by atoms with Gasteiger partial charge >= 0.3 is 0 Å². The highest BCUT2D eigenvalue weighted by molar-refractivity contribution is 6.01. The van der Waals surface area contributed by atoms with Gasteiger partial charge in [0.25, 0.3) is 5.91 Å². The number of hydrogen-bond acceptors (Lipinski definition) is 5. The highest BCUT2D eigenvalue weighted by Crippen LogP contribution is 2.34. The van der Waals surface area contributed by atoms with Gasteiger partial charge < -0.3 is 19.9 Å². The number of fused-ring (bicyclic) bond motifs is 1. The number of methoxy groups -OCH3 is 1. The summed E-state index contributed by atoms with van der Waals surface area (Å²) in [5.74, 6) is 0.585. The first kappa shape index (κ1) is 22.6. The normalized spacial score (nSPS) is 13.9. The maximum atomic E-state index is 13.0. The summed E-state index contributed by atoms with van der Waals surface area (Å²) in [6.45, 7) is 0. The van der Waals surface area contributed by atoms with Gasteiger partial charge in [0.2, 0.25) is 11.8 Å². The van der Waals surface area contributed by atoms with E-state index in [1.54, 1.807) is 30.5 Å². The van der Waals surface area contributed by atoms with Crippen molar-refractivity contribution in [1.29, 1.82) is 0 Å². The number of ether oxygens (including phenoxy) is 1. The third-order valence-electron chi connectivity index (χ3n) is 6.29. The Morgan fingerprint density at radius 1 is 1.09 bits per heavy atom. The van der Waals surface area contributed by atoms with Gasteiger partial charge in [0, 0.05) is 41.3 Å². The fraction of sp³-hybridized carbons (Fsp3) is 0.259. The molecule has 8 nitrogen and oxygen atoms in total. The van der Waals surface area contributed by atoms with E-state index in [-0.39, 0.29) is 11.8 Å². The zero-order chi connectivity index (χ0) is 24.2. The van der Waals surface area contributed by atoms with Crippen LogP contribution in [0.1, 0.15) is 36.0 Å². The first-order valence-corrected chi connectivity index (χ1v) is 11.7. The lowest BCUT2D eigenvalue weighted by Crippen LogP contribution is -2.43. The predicted molar refractivity (Wildman–Crippen MR) is 134 cm³/mol. The van der Waals surface area contributed by atoms with Gasteiger partial charge in [-0.3, -0.25) is 14.6 Å². The van der Waals surface area contributed by atoms with Gasteiger partial charge in [-0.15, -0.1) is 0 Å². The predicted octanol–water partition coefficient (Wildman–Crippen LogP) is 4.36. The van der Waals surface area contributed by atoms with Crippen LogP contribution in [0.4, 0.5) is 5.69 Å². The Kier molecular flexibility index (Phi) is 6.43. The quantitative estimate of drug-likeness (QED) is 0.380. The van der Waals surface area contributed by atoms with E-state index in [9.17, 15) is 9.59 Å². The van der Waals surface area contributed by atoms with Crippen LogP contribution in [0.5, 0.6) is 5.88 Å². The van der Waals surface area contributed by atoms with E-state index in [1.165, 1.54) is 26.1 Å². The van der Waals surface area contributed by atoms with Crippen molar-refractivity contribution in [2.45, 2.75) is 31.7 Å².